The van der Waals surface area contributed by atoms with Crippen LogP contribution in [0.2, 0.25) is 0 Å². The molecule has 1 fully saturated rings. The van der Waals surface area contributed by atoms with Crippen LogP contribution in [0.4, 0.5) is 26.3 Å². The van der Waals surface area contributed by atoms with Gasteiger partial charge in [-0.2, -0.15) is 31.3 Å². The number of alkyl halides is 6. The summed E-state index contributed by atoms with van der Waals surface area (Å²) in [4.78, 5) is 3.32. The van der Waals surface area contributed by atoms with E-state index in [4.69, 9.17) is 0 Å². The maximum atomic E-state index is 12.5. The maximum Gasteiger partial charge on any atom is 0.409 e. The molecule has 2 heterocycles. The predicted molar refractivity (Wildman–Crippen MR) is 54.0 cm³/mol. The molecule has 0 aromatic carbocycles. The fourth-order valence-corrected chi connectivity index (χ4v) is 2.08. The number of aromatic nitrogens is 2. The summed E-state index contributed by atoms with van der Waals surface area (Å²) >= 11 is 0. The predicted octanol–water partition coefficient (Wildman–Crippen LogP) is 2.74. The molecule has 0 radical (unpaired) electrons. The molecule has 0 unspecified atom stereocenters. The van der Waals surface area contributed by atoms with E-state index in [1.807, 2.05) is 0 Å². The lowest BCUT2D eigenvalue weighted by atomic mass is 9.97. The Morgan fingerprint density at radius 2 is 1.60 bits per heavy atom. The SMILES string of the molecule is FC(F)(F)C(c1nc(C2CCNCC2)no1)C(F)(F)F. The minimum absolute atomic E-state index is 0.0972. The van der Waals surface area contributed by atoms with Crippen LogP contribution in [0.15, 0.2) is 4.52 Å². The molecule has 2 rings (SSSR count). The van der Waals surface area contributed by atoms with E-state index in [0.717, 1.165) is 0 Å². The number of nitrogens with zero attached hydrogens (tertiary/aromatic N) is 2. The van der Waals surface area contributed by atoms with Crippen molar-refractivity contribution in [3.05, 3.63) is 11.7 Å². The lowest BCUT2D eigenvalue weighted by Gasteiger charge is -2.20. The van der Waals surface area contributed by atoms with Crippen molar-refractivity contribution in [3.8, 4) is 0 Å². The number of piperidine rings is 1. The summed E-state index contributed by atoms with van der Waals surface area (Å²) in [6.07, 6.45) is -9.95. The van der Waals surface area contributed by atoms with Crippen molar-refractivity contribution in [3.63, 3.8) is 0 Å². The first-order valence-electron chi connectivity index (χ1n) is 5.87. The Kier molecular flexibility index (Phi) is 3.94. The summed E-state index contributed by atoms with van der Waals surface area (Å²) < 4.78 is 79.2. The summed E-state index contributed by atoms with van der Waals surface area (Å²) in [5, 5.41) is 6.29. The van der Waals surface area contributed by atoms with Crippen molar-refractivity contribution in [1.29, 1.82) is 0 Å². The first-order valence-corrected chi connectivity index (χ1v) is 5.87. The summed E-state index contributed by atoms with van der Waals surface area (Å²) in [6.45, 7) is 1.22. The van der Waals surface area contributed by atoms with Gasteiger partial charge < -0.3 is 9.84 Å². The minimum Gasteiger partial charge on any atom is -0.338 e. The van der Waals surface area contributed by atoms with Gasteiger partial charge >= 0.3 is 12.4 Å². The number of rotatable bonds is 2. The number of hydrogen-bond acceptors (Lipinski definition) is 4. The molecular weight excluding hydrogens is 292 g/mol. The molecule has 1 aliphatic rings. The fraction of sp³-hybridized carbons (Fsp3) is 0.800. The average molecular weight is 303 g/mol. The van der Waals surface area contributed by atoms with Crippen LogP contribution in [0.3, 0.4) is 0 Å². The van der Waals surface area contributed by atoms with Crippen LogP contribution in [0.1, 0.15) is 36.4 Å². The lowest BCUT2D eigenvalue weighted by Crippen LogP contribution is -2.34. The van der Waals surface area contributed by atoms with Gasteiger partial charge in [-0.25, -0.2) is 0 Å². The normalized spacial score (nSPS) is 18.8. The van der Waals surface area contributed by atoms with Crippen molar-refractivity contribution in [2.45, 2.75) is 37.0 Å². The first kappa shape index (κ1) is 15.1. The van der Waals surface area contributed by atoms with Crippen LogP contribution in [0, 0.1) is 0 Å². The van der Waals surface area contributed by atoms with Crippen LogP contribution in [-0.4, -0.2) is 35.6 Å². The highest BCUT2D eigenvalue weighted by molar-refractivity contribution is 5.05. The van der Waals surface area contributed by atoms with Crippen molar-refractivity contribution < 1.29 is 30.9 Å². The highest BCUT2D eigenvalue weighted by atomic mass is 19.4. The molecule has 4 nitrogen and oxygen atoms in total. The first-order chi connectivity index (χ1) is 9.19. The van der Waals surface area contributed by atoms with E-state index in [2.05, 4.69) is 20.0 Å². The second-order valence-corrected chi connectivity index (χ2v) is 4.53. The van der Waals surface area contributed by atoms with Gasteiger partial charge in [-0.3, -0.25) is 0 Å². The molecule has 0 aliphatic carbocycles. The van der Waals surface area contributed by atoms with Gasteiger partial charge in [0.15, 0.2) is 5.82 Å². The number of hydrogen-bond donors (Lipinski definition) is 1. The highest BCUT2D eigenvalue weighted by Gasteiger charge is 2.60. The molecule has 1 aromatic rings. The van der Waals surface area contributed by atoms with Crippen LogP contribution < -0.4 is 5.32 Å². The van der Waals surface area contributed by atoms with Gasteiger partial charge in [0.1, 0.15) is 0 Å². The van der Waals surface area contributed by atoms with Gasteiger partial charge in [0, 0.05) is 5.92 Å². The second kappa shape index (κ2) is 5.23. The van der Waals surface area contributed by atoms with Gasteiger partial charge in [0.25, 0.3) is 0 Å². The van der Waals surface area contributed by atoms with Crippen molar-refractivity contribution in [2.24, 2.45) is 0 Å². The van der Waals surface area contributed by atoms with Gasteiger partial charge in [0.2, 0.25) is 11.8 Å². The van der Waals surface area contributed by atoms with E-state index in [-0.39, 0.29) is 11.7 Å². The Bertz CT molecular complexity index is 435. The Morgan fingerprint density at radius 1 is 1.05 bits per heavy atom. The molecule has 1 saturated heterocycles. The van der Waals surface area contributed by atoms with E-state index in [1.165, 1.54) is 0 Å². The third-order valence-electron chi connectivity index (χ3n) is 3.06. The monoisotopic (exact) mass is 303 g/mol. The van der Waals surface area contributed by atoms with Gasteiger partial charge in [-0.15, -0.1) is 0 Å². The van der Waals surface area contributed by atoms with E-state index in [9.17, 15) is 26.3 Å². The Labute approximate surface area is 109 Å². The quantitative estimate of drug-likeness (QED) is 0.854. The molecule has 0 spiro atoms. The molecule has 1 aromatic heterocycles. The number of halogens is 6. The van der Waals surface area contributed by atoms with E-state index < -0.39 is 24.2 Å². The second-order valence-electron chi connectivity index (χ2n) is 4.53. The molecule has 0 saturated carbocycles. The Morgan fingerprint density at radius 3 is 2.10 bits per heavy atom. The minimum atomic E-state index is -5.52. The molecule has 0 bridgehead atoms. The van der Waals surface area contributed by atoms with Crippen LogP contribution in [-0.2, 0) is 0 Å². The van der Waals surface area contributed by atoms with E-state index in [0.29, 0.717) is 25.9 Å². The van der Waals surface area contributed by atoms with Crippen LogP contribution >= 0.6 is 0 Å². The zero-order valence-corrected chi connectivity index (χ0v) is 10.1. The van der Waals surface area contributed by atoms with Gasteiger partial charge in [0.05, 0.1) is 0 Å². The summed E-state index contributed by atoms with van der Waals surface area (Å²) in [7, 11) is 0. The van der Waals surface area contributed by atoms with E-state index in [1.54, 1.807) is 0 Å². The highest BCUT2D eigenvalue weighted by Crippen LogP contribution is 2.45. The van der Waals surface area contributed by atoms with Crippen molar-refractivity contribution in [1.82, 2.24) is 15.5 Å². The third kappa shape index (κ3) is 3.22. The molecule has 0 amide bonds. The molecule has 114 valence electrons. The zero-order chi connectivity index (χ0) is 15.0. The summed E-state index contributed by atoms with van der Waals surface area (Å²) in [6, 6.07) is 0. The Hall–Kier alpha value is -1.32. The Balaban J connectivity index is 2.25. The van der Waals surface area contributed by atoms with Crippen LogP contribution in [0.25, 0.3) is 0 Å². The van der Waals surface area contributed by atoms with Crippen LogP contribution in [0.5, 0.6) is 0 Å². The smallest absolute Gasteiger partial charge is 0.338 e. The third-order valence-corrected chi connectivity index (χ3v) is 3.06. The molecule has 0 atom stereocenters. The molecule has 10 heteroatoms. The number of nitrogens with one attached hydrogen (secondary N) is 1. The molecular formula is C10H11F6N3O. The van der Waals surface area contributed by atoms with Crippen molar-refractivity contribution in [2.75, 3.05) is 13.1 Å². The van der Waals surface area contributed by atoms with E-state index >= 15 is 0 Å². The molecule has 20 heavy (non-hydrogen) atoms. The van der Waals surface area contributed by atoms with Gasteiger partial charge in [-0.1, -0.05) is 5.16 Å². The fourth-order valence-electron chi connectivity index (χ4n) is 2.08. The molecule has 1 N–H and O–H groups in total. The summed E-state index contributed by atoms with van der Waals surface area (Å²) in [5.41, 5.74) is 0. The maximum absolute atomic E-state index is 12.5. The lowest BCUT2D eigenvalue weighted by molar-refractivity contribution is -0.259. The molecule has 1 aliphatic heterocycles. The standard InChI is InChI=1S/C10H11F6N3O/c11-9(12,13)6(10(14,15)16)8-18-7(19-20-8)5-1-3-17-4-2-5/h5-6,17H,1-4H2. The van der Waals surface area contributed by atoms with Crippen molar-refractivity contribution >= 4 is 0 Å². The topological polar surface area (TPSA) is 51.0 Å². The largest absolute Gasteiger partial charge is 0.409 e. The average Bonchev–Trinajstić information content (AvgIpc) is 2.75. The van der Waals surface area contributed by atoms with Gasteiger partial charge in [-0.05, 0) is 25.9 Å². The zero-order valence-electron chi connectivity index (χ0n) is 10.1. The summed E-state index contributed by atoms with van der Waals surface area (Å²) in [5.74, 6) is -5.56.